The molecule has 1 aliphatic heterocycles. The van der Waals surface area contributed by atoms with Crippen LogP contribution in [0.3, 0.4) is 0 Å². The Morgan fingerprint density at radius 1 is 1.03 bits per heavy atom. The largest absolute Gasteiger partial charge is 0.492 e. The van der Waals surface area contributed by atoms with Crippen molar-refractivity contribution in [3.63, 3.8) is 0 Å². The molecule has 1 saturated heterocycles. The van der Waals surface area contributed by atoms with Crippen LogP contribution in [0.4, 0.5) is 5.69 Å². The quantitative estimate of drug-likeness (QED) is 0.736. The number of rotatable bonds is 7. The second-order valence-electron chi connectivity index (χ2n) is 7.64. The van der Waals surface area contributed by atoms with E-state index >= 15 is 0 Å². The molecule has 0 spiro atoms. The maximum Gasteiger partial charge on any atom is 0.259 e. The van der Waals surface area contributed by atoms with Gasteiger partial charge in [0, 0.05) is 18.8 Å². The molecule has 6 nitrogen and oxygen atoms in total. The molecular formula is C22H28N2O4S. The highest BCUT2D eigenvalue weighted by Crippen LogP contribution is 2.24. The minimum atomic E-state index is -3.48. The molecule has 0 unspecified atom stereocenters. The number of sulfonamides is 1. The van der Waals surface area contributed by atoms with E-state index in [1.807, 2.05) is 19.9 Å². The standard InChI is InChI=1S/C22H28N2O4S/c1-17(2)16-28-21-9-5-4-8-20(21)22(25)23-18-10-12-19(13-11-18)29(26,27)24-14-6-3-7-15-24/h4-5,8-13,17H,3,6-7,14-16H2,1-2H3,(H,23,25). The van der Waals surface area contributed by atoms with E-state index in [0.717, 1.165) is 19.3 Å². The minimum Gasteiger partial charge on any atom is -0.492 e. The van der Waals surface area contributed by atoms with Gasteiger partial charge in [-0.25, -0.2) is 8.42 Å². The Kier molecular flexibility index (Phi) is 6.92. The van der Waals surface area contributed by atoms with Crippen molar-refractivity contribution in [2.45, 2.75) is 38.0 Å². The second-order valence-corrected chi connectivity index (χ2v) is 9.58. The zero-order chi connectivity index (χ0) is 20.9. The number of nitrogens with zero attached hydrogens (tertiary/aromatic N) is 1. The molecule has 29 heavy (non-hydrogen) atoms. The lowest BCUT2D eigenvalue weighted by Gasteiger charge is -2.25. The summed E-state index contributed by atoms with van der Waals surface area (Å²) in [6.07, 6.45) is 2.86. The SMILES string of the molecule is CC(C)COc1ccccc1C(=O)Nc1ccc(S(=O)(=O)N2CCCCC2)cc1. The van der Waals surface area contributed by atoms with E-state index in [-0.39, 0.29) is 10.8 Å². The normalized spacial score (nSPS) is 15.3. The zero-order valence-corrected chi connectivity index (χ0v) is 17.7. The molecule has 0 radical (unpaired) electrons. The molecule has 1 fully saturated rings. The lowest BCUT2D eigenvalue weighted by atomic mass is 10.1. The highest BCUT2D eigenvalue weighted by atomic mass is 32.2. The van der Waals surface area contributed by atoms with Crippen molar-refractivity contribution in [1.82, 2.24) is 4.31 Å². The Labute approximate surface area is 172 Å². The highest BCUT2D eigenvalue weighted by molar-refractivity contribution is 7.89. The van der Waals surface area contributed by atoms with Gasteiger partial charge in [0.15, 0.2) is 0 Å². The molecule has 1 heterocycles. The van der Waals surface area contributed by atoms with Crippen LogP contribution in [-0.4, -0.2) is 38.3 Å². The van der Waals surface area contributed by atoms with Crippen molar-refractivity contribution < 1.29 is 17.9 Å². The third-order valence-electron chi connectivity index (χ3n) is 4.77. The van der Waals surface area contributed by atoms with Crippen molar-refractivity contribution in [2.24, 2.45) is 5.92 Å². The van der Waals surface area contributed by atoms with E-state index in [9.17, 15) is 13.2 Å². The monoisotopic (exact) mass is 416 g/mol. The molecule has 1 N–H and O–H groups in total. The number of anilines is 1. The molecule has 2 aromatic rings. The number of amides is 1. The molecule has 0 aromatic heterocycles. The maximum atomic E-state index is 12.7. The van der Waals surface area contributed by atoms with Crippen molar-refractivity contribution in [3.05, 3.63) is 54.1 Å². The van der Waals surface area contributed by atoms with Crippen LogP contribution in [-0.2, 0) is 10.0 Å². The summed E-state index contributed by atoms with van der Waals surface area (Å²) in [5, 5.41) is 2.82. The van der Waals surface area contributed by atoms with Gasteiger partial charge in [-0.2, -0.15) is 4.31 Å². The summed E-state index contributed by atoms with van der Waals surface area (Å²) in [4.78, 5) is 12.9. The van der Waals surface area contributed by atoms with Gasteiger partial charge in [-0.3, -0.25) is 4.79 Å². The third-order valence-corrected chi connectivity index (χ3v) is 6.68. The summed E-state index contributed by atoms with van der Waals surface area (Å²) < 4.78 is 32.7. The van der Waals surface area contributed by atoms with Crippen molar-refractivity contribution in [1.29, 1.82) is 0 Å². The topological polar surface area (TPSA) is 75.7 Å². The number of benzene rings is 2. The van der Waals surface area contributed by atoms with Gasteiger partial charge in [0.1, 0.15) is 5.75 Å². The number of hydrogen-bond donors (Lipinski definition) is 1. The van der Waals surface area contributed by atoms with Crippen LogP contribution in [0.2, 0.25) is 0 Å². The Hall–Kier alpha value is -2.38. The molecule has 0 aliphatic carbocycles. The fourth-order valence-corrected chi connectivity index (χ4v) is 4.72. The van der Waals surface area contributed by atoms with Crippen LogP contribution in [0.1, 0.15) is 43.5 Å². The van der Waals surface area contributed by atoms with Crippen LogP contribution < -0.4 is 10.1 Å². The molecular weight excluding hydrogens is 388 g/mol. The number of para-hydroxylation sites is 1. The number of carbonyl (C=O) groups excluding carboxylic acids is 1. The first-order valence-electron chi connectivity index (χ1n) is 10.0. The van der Waals surface area contributed by atoms with E-state index in [0.29, 0.717) is 42.6 Å². The van der Waals surface area contributed by atoms with E-state index in [1.54, 1.807) is 42.5 Å². The van der Waals surface area contributed by atoms with Crippen molar-refractivity contribution in [3.8, 4) is 5.75 Å². The third kappa shape index (κ3) is 5.36. The Bertz CT molecular complexity index is 934. The molecule has 0 bridgehead atoms. The van der Waals surface area contributed by atoms with Crippen LogP contribution in [0, 0.1) is 5.92 Å². The first-order valence-corrected chi connectivity index (χ1v) is 11.5. The average Bonchev–Trinajstić information content (AvgIpc) is 2.73. The first kappa shape index (κ1) is 21.3. The number of piperidine rings is 1. The van der Waals surface area contributed by atoms with E-state index in [2.05, 4.69) is 5.32 Å². The first-order chi connectivity index (χ1) is 13.9. The Balaban J connectivity index is 1.71. The predicted molar refractivity (Wildman–Crippen MR) is 114 cm³/mol. The fourth-order valence-electron chi connectivity index (χ4n) is 3.20. The fraction of sp³-hybridized carbons (Fsp3) is 0.409. The smallest absolute Gasteiger partial charge is 0.259 e. The van der Waals surface area contributed by atoms with Crippen LogP contribution in [0.25, 0.3) is 0 Å². The number of hydrogen-bond acceptors (Lipinski definition) is 4. The van der Waals surface area contributed by atoms with Gasteiger partial charge in [0.05, 0.1) is 17.1 Å². The van der Waals surface area contributed by atoms with E-state index in [1.165, 1.54) is 4.31 Å². The molecule has 1 aliphatic rings. The summed E-state index contributed by atoms with van der Waals surface area (Å²) in [5.74, 6) is 0.583. The van der Waals surface area contributed by atoms with Crippen LogP contribution in [0.5, 0.6) is 5.75 Å². The van der Waals surface area contributed by atoms with Crippen molar-refractivity contribution in [2.75, 3.05) is 25.0 Å². The predicted octanol–water partition coefficient (Wildman–Crippen LogP) is 4.15. The van der Waals surface area contributed by atoms with Gasteiger partial charge in [-0.15, -0.1) is 0 Å². The Morgan fingerprint density at radius 2 is 1.69 bits per heavy atom. The number of carbonyl (C=O) groups is 1. The summed E-state index contributed by atoms with van der Waals surface area (Å²) in [5.41, 5.74) is 0.976. The second kappa shape index (κ2) is 9.41. The van der Waals surface area contributed by atoms with Gasteiger partial charge in [-0.1, -0.05) is 32.4 Å². The molecule has 2 aromatic carbocycles. The van der Waals surface area contributed by atoms with Crippen molar-refractivity contribution >= 4 is 21.6 Å². The van der Waals surface area contributed by atoms with Crippen LogP contribution in [0.15, 0.2) is 53.4 Å². The Morgan fingerprint density at radius 3 is 2.34 bits per heavy atom. The summed E-state index contributed by atoms with van der Waals surface area (Å²) in [7, 11) is -3.48. The molecule has 0 atom stereocenters. The summed E-state index contributed by atoms with van der Waals surface area (Å²) >= 11 is 0. The zero-order valence-electron chi connectivity index (χ0n) is 16.9. The van der Waals surface area contributed by atoms with Crippen LogP contribution >= 0.6 is 0 Å². The lowest BCUT2D eigenvalue weighted by Crippen LogP contribution is -2.35. The molecule has 0 saturated carbocycles. The number of nitrogens with one attached hydrogen (secondary N) is 1. The van der Waals surface area contributed by atoms with E-state index in [4.69, 9.17) is 4.74 Å². The molecule has 156 valence electrons. The van der Waals surface area contributed by atoms with Gasteiger partial charge >= 0.3 is 0 Å². The van der Waals surface area contributed by atoms with Gasteiger partial charge in [0.25, 0.3) is 5.91 Å². The van der Waals surface area contributed by atoms with E-state index < -0.39 is 10.0 Å². The molecule has 1 amide bonds. The number of ether oxygens (including phenoxy) is 1. The molecule has 7 heteroatoms. The summed E-state index contributed by atoms with van der Waals surface area (Å²) in [6, 6.07) is 13.4. The average molecular weight is 417 g/mol. The maximum absolute atomic E-state index is 12.7. The van der Waals surface area contributed by atoms with Gasteiger partial charge < -0.3 is 10.1 Å². The summed E-state index contributed by atoms with van der Waals surface area (Å²) in [6.45, 7) is 5.74. The van der Waals surface area contributed by atoms with Gasteiger partial charge in [0.2, 0.25) is 10.0 Å². The molecule has 3 rings (SSSR count). The minimum absolute atomic E-state index is 0.248. The van der Waals surface area contributed by atoms with Gasteiger partial charge in [-0.05, 0) is 55.2 Å². The lowest BCUT2D eigenvalue weighted by molar-refractivity contribution is 0.102. The highest BCUT2D eigenvalue weighted by Gasteiger charge is 2.25.